The van der Waals surface area contributed by atoms with Crippen molar-refractivity contribution in [3.8, 4) is 0 Å². The van der Waals surface area contributed by atoms with Crippen LogP contribution in [0.3, 0.4) is 0 Å². The summed E-state index contributed by atoms with van der Waals surface area (Å²) in [6.07, 6.45) is 0. The smallest absolute Gasteiger partial charge is 0.251 e. The summed E-state index contributed by atoms with van der Waals surface area (Å²) in [5, 5.41) is 3.00. The van der Waals surface area contributed by atoms with Gasteiger partial charge in [0.2, 0.25) is 0 Å². The van der Waals surface area contributed by atoms with Crippen molar-refractivity contribution < 1.29 is 4.79 Å². The highest BCUT2D eigenvalue weighted by atomic mass is 16.1. The van der Waals surface area contributed by atoms with E-state index >= 15 is 0 Å². The molecule has 0 spiro atoms. The zero-order chi connectivity index (χ0) is 16.1. The fourth-order valence-corrected chi connectivity index (χ4v) is 2.34. The first kappa shape index (κ1) is 16.1. The molecular formula is C19H24N2O. The van der Waals surface area contributed by atoms with Crippen LogP contribution >= 0.6 is 0 Å². The molecule has 3 nitrogen and oxygen atoms in total. The van der Waals surface area contributed by atoms with Crippen molar-refractivity contribution >= 4 is 11.6 Å². The van der Waals surface area contributed by atoms with Gasteiger partial charge in [-0.25, -0.2) is 0 Å². The largest absolute Gasteiger partial charge is 0.373 e. The molecule has 0 atom stereocenters. The maximum Gasteiger partial charge on any atom is 0.251 e. The predicted molar refractivity (Wildman–Crippen MR) is 92.7 cm³/mol. The van der Waals surface area contributed by atoms with Crippen molar-refractivity contribution in [2.24, 2.45) is 0 Å². The van der Waals surface area contributed by atoms with E-state index in [0.717, 1.165) is 28.9 Å². The van der Waals surface area contributed by atoms with Gasteiger partial charge in [0.25, 0.3) is 5.91 Å². The molecule has 0 unspecified atom stereocenters. The lowest BCUT2D eigenvalue weighted by atomic mass is 10.1. The van der Waals surface area contributed by atoms with Gasteiger partial charge in [-0.2, -0.15) is 0 Å². The van der Waals surface area contributed by atoms with E-state index in [9.17, 15) is 4.79 Å². The van der Waals surface area contributed by atoms with Gasteiger partial charge in [0.15, 0.2) is 0 Å². The van der Waals surface area contributed by atoms with E-state index in [-0.39, 0.29) is 5.91 Å². The van der Waals surface area contributed by atoms with E-state index < -0.39 is 0 Å². The first-order valence-electron chi connectivity index (χ1n) is 7.60. The lowest BCUT2D eigenvalue weighted by Crippen LogP contribution is -2.33. The number of anilines is 1. The molecule has 0 aliphatic rings. The van der Waals surface area contributed by atoms with Gasteiger partial charge in [0, 0.05) is 31.4 Å². The summed E-state index contributed by atoms with van der Waals surface area (Å²) >= 11 is 0. The number of carbonyl (C=O) groups excluding carboxylic acids is 1. The molecule has 2 rings (SSSR count). The summed E-state index contributed by atoms with van der Waals surface area (Å²) in [6.45, 7) is 7.44. The molecule has 116 valence electrons. The number of nitrogens with zero attached hydrogens (tertiary/aromatic N) is 1. The molecule has 1 amide bonds. The van der Waals surface area contributed by atoms with Crippen molar-refractivity contribution in [1.29, 1.82) is 0 Å². The Morgan fingerprint density at radius 2 is 1.64 bits per heavy atom. The molecule has 0 aliphatic carbocycles. The predicted octanol–water partition coefficient (Wildman–Crippen LogP) is 3.48. The van der Waals surface area contributed by atoms with Gasteiger partial charge in [-0.3, -0.25) is 4.79 Å². The third kappa shape index (κ3) is 4.10. The summed E-state index contributed by atoms with van der Waals surface area (Å²) in [5.74, 6) is -0.00138. The average molecular weight is 296 g/mol. The van der Waals surface area contributed by atoms with Crippen LogP contribution in [0.15, 0.2) is 42.5 Å². The number of hydrogen-bond donors (Lipinski definition) is 1. The van der Waals surface area contributed by atoms with Crippen molar-refractivity contribution in [2.75, 3.05) is 25.0 Å². The Labute approximate surface area is 133 Å². The topological polar surface area (TPSA) is 32.3 Å². The van der Waals surface area contributed by atoms with Gasteiger partial charge in [-0.15, -0.1) is 0 Å². The third-order valence-electron chi connectivity index (χ3n) is 3.85. The highest BCUT2D eigenvalue weighted by Gasteiger charge is 2.09. The second kappa shape index (κ2) is 7.12. The number of benzene rings is 2. The zero-order valence-electron chi connectivity index (χ0n) is 13.8. The first-order chi connectivity index (χ1) is 10.5. The molecule has 0 bridgehead atoms. The summed E-state index contributed by atoms with van der Waals surface area (Å²) in [4.78, 5) is 14.4. The van der Waals surface area contributed by atoms with Crippen LogP contribution in [0.4, 0.5) is 5.69 Å². The average Bonchev–Trinajstić information content (AvgIpc) is 2.50. The Hall–Kier alpha value is -2.29. The summed E-state index contributed by atoms with van der Waals surface area (Å²) < 4.78 is 0. The van der Waals surface area contributed by atoms with E-state index in [2.05, 4.69) is 41.4 Å². The molecule has 0 saturated heterocycles. The molecule has 2 aromatic rings. The maximum atomic E-state index is 12.3. The minimum Gasteiger partial charge on any atom is -0.373 e. The van der Waals surface area contributed by atoms with Gasteiger partial charge in [0.1, 0.15) is 0 Å². The molecule has 22 heavy (non-hydrogen) atoms. The number of aryl methyl sites for hydroxylation is 3. The molecule has 0 heterocycles. The Kier molecular flexibility index (Phi) is 5.21. The monoisotopic (exact) mass is 296 g/mol. The lowest BCUT2D eigenvalue weighted by Gasteiger charge is -2.20. The van der Waals surface area contributed by atoms with Crippen molar-refractivity contribution in [2.45, 2.75) is 20.8 Å². The van der Waals surface area contributed by atoms with Crippen LogP contribution in [0.5, 0.6) is 0 Å². The minimum atomic E-state index is -0.00138. The van der Waals surface area contributed by atoms with Gasteiger partial charge in [-0.05, 0) is 44.5 Å². The molecule has 0 radical (unpaired) electrons. The van der Waals surface area contributed by atoms with Crippen LogP contribution in [0.2, 0.25) is 0 Å². The van der Waals surface area contributed by atoms with Crippen LogP contribution in [-0.2, 0) is 0 Å². The van der Waals surface area contributed by atoms with Gasteiger partial charge in [0.05, 0.1) is 0 Å². The molecule has 3 heteroatoms. The van der Waals surface area contributed by atoms with Crippen LogP contribution in [0.1, 0.15) is 27.0 Å². The van der Waals surface area contributed by atoms with Crippen LogP contribution in [-0.4, -0.2) is 26.0 Å². The number of hydrogen-bond acceptors (Lipinski definition) is 2. The molecule has 1 N–H and O–H groups in total. The third-order valence-corrected chi connectivity index (χ3v) is 3.85. The summed E-state index contributed by atoms with van der Waals surface area (Å²) in [5.41, 5.74) is 5.28. The maximum absolute atomic E-state index is 12.3. The quantitative estimate of drug-likeness (QED) is 0.916. The van der Waals surface area contributed by atoms with E-state index in [1.54, 1.807) is 0 Å². The lowest BCUT2D eigenvalue weighted by molar-refractivity contribution is 0.0954. The summed E-state index contributed by atoms with van der Waals surface area (Å²) in [6, 6.07) is 14.3. The SMILES string of the molecule is Cc1ccc(N(C)CCNC(=O)c2cc(C)ccc2C)cc1. The van der Waals surface area contributed by atoms with E-state index in [0.29, 0.717) is 6.54 Å². The van der Waals surface area contributed by atoms with E-state index in [1.165, 1.54) is 5.56 Å². The highest BCUT2D eigenvalue weighted by Crippen LogP contribution is 2.13. The Morgan fingerprint density at radius 3 is 2.32 bits per heavy atom. The molecule has 0 aromatic heterocycles. The van der Waals surface area contributed by atoms with E-state index in [1.807, 2.05) is 39.1 Å². The number of likely N-dealkylation sites (N-methyl/N-ethyl adjacent to an activating group) is 1. The fourth-order valence-electron chi connectivity index (χ4n) is 2.34. The fraction of sp³-hybridized carbons (Fsp3) is 0.316. The molecule has 2 aromatic carbocycles. The number of amides is 1. The van der Waals surface area contributed by atoms with Gasteiger partial charge >= 0.3 is 0 Å². The normalized spacial score (nSPS) is 10.4. The highest BCUT2D eigenvalue weighted by molar-refractivity contribution is 5.95. The number of nitrogens with one attached hydrogen (secondary N) is 1. The van der Waals surface area contributed by atoms with Crippen molar-refractivity contribution in [3.63, 3.8) is 0 Å². The molecule has 0 fully saturated rings. The van der Waals surface area contributed by atoms with Crippen molar-refractivity contribution in [3.05, 3.63) is 64.7 Å². The Bertz CT molecular complexity index is 647. The summed E-state index contributed by atoms with van der Waals surface area (Å²) in [7, 11) is 2.04. The first-order valence-corrected chi connectivity index (χ1v) is 7.60. The van der Waals surface area contributed by atoms with Crippen LogP contribution in [0, 0.1) is 20.8 Å². The Balaban J connectivity index is 1.89. The molecule has 0 aliphatic heterocycles. The second-order valence-corrected chi connectivity index (χ2v) is 5.83. The van der Waals surface area contributed by atoms with Gasteiger partial charge in [-0.1, -0.05) is 35.4 Å². The minimum absolute atomic E-state index is 0.00138. The van der Waals surface area contributed by atoms with Crippen LogP contribution in [0.25, 0.3) is 0 Å². The molecule has 0 saturated carbocycles. The van der Waals surface area contributed by atoms with E-state index in [4.69, 9.17) is 0 Å². The van der Waals surface area contributed by atoms with Crippen molar-refractivity contribution in [1.82, 2.24) is 5.32 Å². The zero-order valence-corrected chi connectivity index (χ0v) is 13.8. The van der Waals surface area contributed by atoms with Gasteiger partial charge < -0.3 is 10.2 Å². The Morgan fingerprint density at radius 1 is 1.00 bits per heavy atom. The number of carbonyl (C=O) groups is 1. The standard InChI is InChI=1S/C19H24N2O/c1-14-6-9-17(10-7-14)21(4)12-11-20-19(22)18-13-15(2)5-8-16(18)3/h5-10,13H,11-12H2,1-4H3,(H,20,22). The molecular weight excluding hydrogens is 272 g/mol. The number of rotatable bonds is 5. The van der Waals surface area contributed by atoms with Crippen LogP contribution < -0.4 is 10.2 Å². The second-order valence-electron chi connectivity index (χ2n) is 5.83.